The fourth-order valence-corrected chi connectivity index (χ4v) is 3.19. The molecule has 0 heterocycles. The van der Waals surface area contributed by atoms with Crippen molar-refractivity contribution in [3.8, 4) is 0 Å². The molecule has 0 aliphatic heterocycles. The minimum absolute atomic E-state index is 0.0957. The van der Waals surface area contributed by atoms with Crippen LogP contribution in [0.2, 0.25) is 0 Å². The van der Waals surface area contributed by atoms with E-state index in [0.29, 0.717) is 12.0 Å². The van der Waals surface area contributed by atoms with E-state index in [1.54, 1.807) is 6.07 Å². The molecule has 0 bridgehead atoms. The van der Waals surface area contributed by atoms with Crippen LogP contribution in [0.15, 0.2) is 18.2 Å². The fourth-order valence-electron chi connectivity index (χ4n) is 3.19. The predicted molar refractivity (Wildman–Crippen MR) is 78.7 cm³/mol. The lowest BCUT2D eigenvalue weighted by Crippen LogP contribution is -2.30. The second-order valence-electron chi connectivity index (χ2n) is 5.84. The summed E-state index contributed by atoms with van der Waals surface area (Å²) in [6.07, 6.45) is 7.81. The molecule has 1 aliphatic rings. The summed E-state index contributed by atoms with van der Waals surface area (Å²) in [6, 6.07) is 6.01. The second kappa shape index (κ2) is 7.04. The van der Waals surface area contributed by atoms with Crippen LogP contribution in [0.25, 0.3) is 0 Å². The van der Waals surface area contributed by atoms with Crippen LogP contribution in [0.5, 0.6) is 0 Å². The van der Waals surface area contributed by atoms with Gasteiger partial charge < -0.3 is 5.32 Å². The van der Waals surface area contributed by atoms with Crippen LogP contribution in [-0.2, 0) is 0 Å². The summed E-state index contributed by atoms with van der Waals surface area (Å²) in [7, 11) is 0. The highest BCUT2D eigenvalue weighted by Crippen LogP contribution is 2.34. The van der Waals surface area contributed by atoms with Gasteiger partial charge in [-0.15, -0.1) is 0 Å². The van der Waals surface area contributed by atoms with Crippen molar-refractivity contribution in [3.05, 3.63) is 35.1 Å². The number of aryl methyl sites for hydroxylation is 1. The summed E-state index contributed by atoms with van der Waals surface area (Å²) in [5.74, 6) is 0.617. The van der Waals surface area contributed by atoms with Crippen LogP contribution in [0.4, 0.5) is 4.39 Å². The molecule has 0 spiro atoms. The van der Waals surface area contributed by atoms with E-state index < -0.39 is 0 Å². The lowest BCUT2D eigenvalue weighted by Gasteiger charge is -2.31. The maximum atomic E-state index is 13.4. The first-order chi connectivity index (χ1) is 9.22. The Morgan fingerprint density at radius 3 is 2.63 bits per heavy atom. The summed E-state index contributed by atoms with van der Waals surface area (Å²) >= 11 is 0. The summed E-state index contributed by atoms with van der Waals surface area (Å²) in [4.78, 5) is 0. The molecule has 1 aliphatic carbocycles. The van der Waals surface area contributed by atoms with Crippen LogP contribution in [0, 0.1) is 18.7 Å². The van der Waals surface area contributed by atoms with E-state index in [4.69, 9.17) is 0 Å². The minimum atomic E-state index is -0.0957. The smallest absolute Gasteiger partial charge is 0.126 e. The fraction of sp³-hybridized carbons (Fsp3) is 0.647. The zero-order valence-electron chi connectivity index (χ0n) is 12.2. The molecule has 19 heavy (non-hydrogen) atoms. The van der Waals surface area contributed by atoms with Gasteiger partial charge in [0.15, 0.2) is 0 Å². The predicted octanol–water partition coefficient (Wildman–Crippen LogP) is 4.76. The number of rotatable bonds is 5. The van der Waals surface area contributed by atoms with Crippen molar-refractivity contribution in [1.82, 2.24) is 5.32 Å². The molecule has 1 saturated carbocycles. The largest absolute Gasteiger partial charge is 0.310 e. The molecule has 1 atom stereocenters. The first-order valence-electron chi connectivity index (χ1n) is 7.71. The molecule has 0 radical (unpaired) electrons. The number of halogens is 1. The molecule has 1 aromatic rings. The second-order valence-corrected chi connectivity index (χ2v) is 5.84. The number of hydrogen-bond acceptors (Lipinski definition) is 1. The molecular weight excluding hydrogens is 237 g/mol. The summed E-state index contributed by atoms with van der Waals surface area (Å²) < 4.78 is 13.4. The summed E-state index contributed by atoms with van der Waals surface area (Å²) in [6.45, 7) is 5.09. The van der Waals surface area contributed by atoms with Crippen LogP contribution < -0.4 is 5.32 Å². The van der Waals surface area contributed by atoms with Crippen molar-refractivity contribution < 1.29 is 4.39 Å². The highest BCUT2D eigenvalue weighted by atomic mass is 19.1. The SMILES string of the molecule is CCCNC(c1ccc(F)c(C)c1)C1CCCCC1. The van der Waals surface area contributed by atoms with E-state index in [-0.39, 0.29) is 5.82 Å². The Kier molecular flexibility index (Phi) is 5.38. The summed E-state index contributed by atoms with van der Waals surface area (Å²) in [5.41, 5.74) is 2.02. The zero-order valence-corrected chi connectivity index (χ0v) is 12.2. The Hall–Kier alpha value is -0.890. The van der Waals surface area contributed by atoms with Crippen molar-refractivity contribution in [2.75, 3.05) is 6.54 Å². The molecule has 106 valence electrons. The van der Waals surface area contributed by atoms with Gasteiger partial charge >= 0.3 is 0 Å². The lowest BCUT2D eigenvalue weighted by molar-refractivity contribution is 0.271. The molecule has 2 rings (SSSR count). The summed E-state index contributed by atoms with van der Waals surface area (Å²) in [5, 5.41) is 3.68. The number of benzene rings is 1. The van der Waals surface area contributed by atoms with Crippen molar-refractivity contribution >= 4 is 0 Å². The minimum Gasteiger partial charge on any atom is -0.310 e. The first kappa shape index (κ1) is 14.5. The highest BCUT2D eigenvalue weighted by Gasteiger charge is 2.24. The Labute approximate surface area is 116 Å². The molecular formula is C17H26FN. The van der Waals surface area contributed by atoms with Gasteiger partial charge in [0.05, 0.1) is 0 Å². The van der Waals surface area contributed by atoms with Crippen molar-refractivity contribution in [1.29, 1.82) is 0 Å². The van der Waals surface area contributed by atoms with Gasteiger partial charge in [0.1, 0.15) is 5.82 Å². The third-order valence-electron chi connectivity index (χ3n) is 4.28. The normalized spacial score (nSPS) is 18.5. The van der Waals surface area contributed by atoms with E-state index in [1.165, 1.54) is 37.7 Å². The van der Waals surface area contributed by atoms with Crippen LogP contribution in [0.1, 0.15) is 62.6 Å². The molecule has 1 unspecified atom stereocenters. The third kappa shape index (κ3) is 3.79. The van der Waals surface area contributed by atoms with E-state index in [0.717, 1.165) is 18.5 Å². The van der Waals surface area contributed by atoms with Gasteiger partial charge in [-0.05, 0) is 55.8 Å². The standard InChI is InChI=1S/C17H26FN/c1-3-11-19-17(14-7-5-4-6-8-14)15-9-10-16(18)13(2)12-15/h9-10,12,14,17,19H,3-8,11H2,1-2H3. The van der Waals surface area contributed by atoms with Crippen LogP contribution >= 0.6 is 0 Å². The zero-order chi connectivity index (χ0) is 13.7. The quantitative estimate of drug-likeness (QED) is 0.808. The van der Waals surface area contributed by atoms with Gasteiger partial charge in [0.25, 0.3) is 0 Å². The monoisotopic (exact) mass is 263 g/mol. The van der Waals surface area contributed by atoms with Gasteiger partial charge in [-0.1, -0.05) is 38.3 Å². The van der Waals surface area contributed by atoms with E-state index >= 15 is 0 Å². The topological polar surface area (TPSA) is 12.0 Å². The van der Waals surface area contributed by atoms with E-state index in [9.17, 15) is 4.39 Å². The average Bonchev–Trinajstić information content (AvgIpc) is 2.44. The Morgan fingerprint density at radius 1 is 1.26 bits per heavy atom. The van der Waals surface area contributed by atoms with Crippen molar-refractivity contribution in [3.63, 3.8) is 0 Å². The molecule has 1 aromatic carbocycles. The van der Waals surface area contributed by atoms with E-state index in [2.05, 4.69) is 12.2 Å². The van der Waals surface area contributed by atoms with E-state index in [1.807, 2.05) is 19.1 Å². The molecule has 0 aromatic heterocycles. The molecule has 1 N–H and O–H groups in total. The molecule has 0 saturated heterocycles. The van der Waals surface area contributed by atoms with Gasteiger partial charge in [0, 0.05) is 6.04 Å². The van der Waals surface area contributed by atoms with Gasteiger partial charge in [-0.2, -0.15) is 0 Å². The van der Waals surface area contributed by atoms with Crippen LogP contribution in [0.3, 0.4) is 0 Å². The third-order valence-corrected chi connectivity index (χ3v) is 4.28. The Balaban J connectivity index is 2.17. The van der Waals surface area contributed by atoms with Gasteiger partial charge in [-0.3, -0.25) is 0 Å². The maximum Gasteiger partial charge on any atom is 0.126 e. The molecule has 2 heteroatoms. The van der Waals surface area contributed by atoms with Crippen molar-refractivity contribution in [2.45, 2.75) is 58.4 Å². The maximum absolute atomic E-state index is 13.4. The van der Waals surface area contributed by atoms with Gasteiger partial charge in [-0.25, -0.2) is 4.39 Å². The van der Waals surface area contributed by atoms with Crippen molar-refractivity contribution in [2.24, 2.45) is 5.92 Å². The van der Waals surface area contributed by atoms with Crippen LogP contribution in [-0.4, -0.2) is 6.54 Å². The Morgan fingerprint density at radius 2 is 2.00 bits per heavy atom. The molecule has 0 amide bonds. The average molecular weight is 263 g/mol. The lowest BCUT2D eigenvalue weighted by atomic mass is 9.81. The number of hydrogen-bond donors (Lipinski definition) is 1. The first-order valence-corrected chi connectivity index (χ1v) is 7.71. The molecule has 1 nitrogen and oxygen atoms in total. The van der Waals surface area contributed by atoms with Gasteiger partial charge in [0.2, 0.25) is 0 Å². The number of nitrogens with one attached hydrogen (secondary N) is 1. The Bertz CT molecular complexity index is 396. The highest BCUT2D eigenvalue weighted by molar-refractivity contribution is 5.27. The molecule has 1 fully saturated rings.